The lowest BCUT2D eigenvalue weighted by molar-refractivity contribution is 0.225. The van der Waals surface area contributed by atoms with Gasteiger partial charge in [0.25, 0.3) is 0 Å². The van der Waals surface area contributed by atoms with Gasteiger partial charge in [-0.15, -0.1) is 0 Å². The van der Waals surface area contributed by atoms with Crippen LogP contribution in [0.5, 0.6) is 11.5 Å². The lowest BCUT2D eigenvalue weighted by Gasteiger charge is -2.23. The molecule has 0 bridgehead atoms. The molecule has 0 aliphatic carbocycles. The molecule has 32 heavy (non-hydrogen) atoms. The Labute approximate surface area is 190 Å². The van der Waals surface area contributed by atoms with Crippen LogP contribution < -0.4 is 14.8 Å². The number of halogens is 2. The number of fused-ring (bicyclic) bond motifs is 1. The fourth-order valence-electron chi connectivity index (χ4n) is 3.76. The molecular formula is C21H22ClFN4O4S. The Morgan fingerprint density at radius 1 is 1.28 bits per heavy atom. The van der Waals surface area contributed by atoms with Crippen LogP contribution >= 0.6 is 11.6 Å². The van der Waals surface area contributed by atoms with E-state index in [2.05, 4.69) is 15.3 Å². The highest BCUT2D eigenvalue weighted by Gasteiger charge is 2.32. The van der Waals surface area contributed by atoms with E-state index < -0.39 is 15.8 Å². The molecule has 0 unspecified atom stereocenters. The van der Waals surface area contributed by atoms with Gasteiger partial charge in [0, 0.05) is 18.0 Å². The molecule has 1 aliphatic rings. The Morgan fingerprint density at radius 3 is 2.84 bits per heavy atom. The standard InChI is InChI=1S/C21H22ClFN4O4S/c1-30-18-10-17-14(9-19(18)31-11-13-5-4-8-27(13)32(2,28)29)21(25-12-24-17)26-16-7-3-6-15(22)20(16)23/h3,6-7,9-10,12-13H,4-5,8,11H2,1-2H3,(H,24,25,26)/t13-/m0/s1. The largest absolute Gasteiger partial charge is 0.493 e. The van der Waals surface area contributed by atoms with Gasteiger partial charge in [0.1, 0.15) is 18.8 Å². The zero-order chi connectivity index (χ0) is 22.9. The highest BCUT2D eigenvalue weighted by Crippen LogP contribution is 2.36. The van der Waals surface area contributed by atoms with Crippen LogP contribution in [0.4, 0.5) is 15.9 Å². The summed E-state index contributed by atoms with van der Waals surface area (Å²) < 4.78 is 51.3. The lowest BCUT2D eigenvalue weighted by Crippen LogP contribution is -2.38. The van der Waals surface area contributed by atoms with Gasteiger partial charge in [-0.2, -0.15) is 4.31 Å². The zero-order valence-electron chi connectivity index (χ0n) is 17.5. The number of hydrogen-bond donors (Lipinski definition) is 1. The molecule has 8 nitrogen and oxygen atoms in total. The van der Waals surface area contributed by atoms with Crippen LogP contribution in [-0.2, 0) is 10.0 Å². The molecule has 0 amide bonds. The van der Waals surface area contributed by atoms with E-state index in [9.17, 15) is 12.8 Å². The number of aromatic nitrogens is 2. The average molecular weight is 481 g/mol. The normalized spacial score (nSPS) is 16.9. The van der Waals surface area contributed by atoms with Gasteiger partial charge >= 0.3 is 0 Å². The van der Waals surface area contributed by atoms with Gasteiger partial charge in [0.05, 0.1) is 35.6 Å². The third-order valence-corrected chi connectivity index (χ3v) is 6.93. The molecule has 4 rings (SSSR count). The van der Waals surface area contributed by atoms with Crippen LogP contribution in [0.1, 0.15) is 12.8 Å². The first-order chi connectivity index (χ1) is 15.3. The van der Waals surface area contributed by atoms with Crippen LogP contribution in [0.25, 0.3) is 10.9 Å². The number of ether oxygens (including phenoxy) is 2. The molecule has 1 aliphatic heterocycles. The molecular weight excluding hydrogens is 459 g/mol. The SMILES string of the molecule is COc1cc2ncnc(Nc3cccc(Cl)c3F)c2cc1OC[C@@H]1CCCN1S(C)(=O)=O. The van der Waals surface area contributed by atoms with Crippen LogP contribution in [0, 0.1) is 5.82 Å². The molecule has 11 heteroatoms. The highest BCUT2D eigenvalue weighted by molar-refractivity contribution is 7.88. The summed E-state index contributed by atoms with van der Waals surface area (Å²) >= 11 is 5.88. The number of rotatable bonds is 7. The molecule has 2 heterocycles. The molecule has 2 aromatic carbocycles. The van der Waals surface area contributed by atoms with E-state index in [1.807, 2.05) is 0 Å². The summed E-state index contributed by atoms with van der Waals surface area (Å²) in [5.74, 6) is 0.625. The molecule has 0 radical (unpaired) electrons. The second kappa shape index (κ2) is 9.05. The van der Waals surface area contributed by atoms with Crippen molar-refractivity contribution in [3.05, 3.63) is 47.5 Å². The number of benzene rings is 2. The molecule has 1 N–H and O–H groups in total. The van der Waals surface area contributed by atoms with E-state index in [0.29, 0.717) is 41.2 Å². The van der Waals surface area contributed by atoms with E-state index in [0.717, 1.165) is 6.42 Å². The van der Waals surface area contributed by atoms with Gasteiger partial charge in [0.15, 0.2) is 17.3 Å². The number of anilines is 2. The van der Waals surface area contributed by atoms with Crippen LogP contribution in [0.3, 0.4) is 0 Å². The molecule has 1 atom stereocenters. The van der Waals surface area contributed by atoms with Gasteiger partial charge in [-0.1, -0.05) is 17.7 Å². The number of methoxy groups -OCH3 is 1. The Bertz CT molecular complexity index is 1260. The third-order valence-electron chi connectivity index (χ3n) is 5.31. The maximum absolute atomic E-state index is 14.4. The topological polar surface area (TPSA) is 93.7 Å². The summed E-state index contributed by atoms with van der Waals surface area (Å²) in [4.78, 5) is 8.50. The lowest BCUT2D eigenvalue weighted by atomic mass is 10.2. The molecule has 3 aromatic rings. The third kappa shape index (κ3) is 4.57. The molecule has 1 aromatic heterocycles. The zero-order valence-corrected chi connectivity index (χ0v) is 19.1. The van der Waals surface area contributed by atoms with E-state index in [-0.39, 0.29) is 23.4 Å². The summed E-state index contributed by atoms with van der Waals surface area (Å²) in [6.07, 6.45) is 4.05. The summed E-state index contributed by atoms with van der Waals surface area (Å²) in [6.45, 7) is 0.656. The quantitative estimate of drug-likeness (QED) is 0.546. The first kappa shape index (κ1) is 22.5. The first-order valence-electron chi connectivity index (χ1n) is 9.91. The van der Waals surface area contributed by atoms with Crippen molar-refractivity contribution in [3.63, 3.8) is 0 Å². The monoisotopic (exact) mass is 480 g/mol. The van der Waals surface area contributed by atoms with Crippen LogP contribution in [0.2, 0.25) is 5.02 Å². The summed E-state index contributed by atoms with van der Waals surface area (Å²) in [6, 6.07) is 7.77. The van der Waals surface area contributed by atoms with Crippen molar-refractivity contribution in [2.24, 2.45) is 0 Å². The predicted octanol–water partition coefficient (Wildman–Crippen LogP) is 3.98. The summed E-state index contributed by atoms with van der Waals surface area (Å²) in [5, 5.41) is 3.52. The number of hydrogen-bond acceptors (Lipinski definition) is 7. The fraction of sp³-hybridized carbons (Fsp3) is 0.333. The Hall–Kier alpha value is -2.69. The van der Waals surface area contributed by atoms with Crippen molar-refractivity contribution in [1.29, 1.82) is 0 Å². The summed E-state index contributed by atoms with van der Waals surface area (Å²) in [5.41, 5.74) is 0.735. The van der Waals surface area contributed by atoms with Crippen molar-refractivity contribution in [2.45, 2.75) is 18.9 Å². The van der Waals surface area contributed by atoms with Crippen molar-refractivity contribution in [3.8, 4) is 11.5 Å². The van der Waals surface area contributed by atoms with Crippen molar-refractivity contribution >= 4 is 44.0 Å². The van der Waals surface area contributed by atoms with Gasteiger partial charge in [-0.05, 0) is 31.0 Å². The first-order valence-corrected chi connectivity index (χ1v) is 12.1. The van der Waals surface area contributed by atoms with E-state index in [4.69, 9.17) is 21.1 Å². The maximum atomic E-state index is 14.4. The average Bonchev–Trinajstić information content (AvgIpc) is 3.24. The van der Waals surface area contributed by atoms with E-state index >= 15 is 0 Å². The summed E-state index contributed by atoms with van der Waals surface area (Å²) in [7, 11) is -1.80. The minimum atomic E-state index is -3.31. The maximum Gasteiger partial charge on any atom is 0.211 e. The Balaban J connectivity index is 1.66. The molecule has 1 fully saturated rings. The van der Waals surface area contributed by atoms with E-state index in [1.165, 1.54) is 30.1 Å². The number of nitrogens with zero attached hydrogens (tertiary/aromatic N) is 3. The van der Waals surface area contributed by atoms with Crippen LogP contribution in [-0.4, -0.2) is 55.3 Å². The Morgan fingerprint density at radius 2 is 2.09 bits per heavy atom. The number of nitrogens with one attached hydrogen (secondary N) is 1. The molecule has 0 spiro atoms. The molecule has 170 valence electrons. The smallest absolute Gasteiger partial charge is 0.211 e. The Kier molecular flexibility index (Phi) is 6.36. The molecule has 0 saturated carbocycles. The van der Waals surface area contributed by atoms with Gasteiger partial charge in [0.2, 0.25) is 10.0 Å². The molecule has 1 saturated heterocycles. The van der Waals surface area contributed by atoms with Crippen molar-refractivity contribution in [2.75, 3.05) is 31.8 Å². The fourth-order valence-corrected chi connectivity index (χ4v) is 5.11. The number of sulfonamides is 1. The second-order valence-corrected chi connectivity index (χ2v) is 9.79. The van der Waals surface area contributed by atoms with Gasteiger partial charge in [-0.3, -0.25) is 0 Å². The van der Waals surface area contributed by atoms with Crippen molar-refractivity contribution < 1.29 is 22.3 Å². The van der Waals surface area contributed by atoms with Gasteiger partial charge < -0.3 is 14.8 Å². The van der Waals surface area contributed by atoms with Crippen molar-refractivity contribution in [1.82, 2.24) is 14.3 Å². The van der Waals surface area contributed by atoms with Gasteiger partial charge in [-0.25, -0.2) is 22.8 Å². The predicted molar refractivity (Wildman–Crippen MR) is 121 cm³/mol. The second-order valence-electron chi connectivity index (χ2n) is 7.45. The highest BCUT2D eigenvalue weighted by atomic mass is 35.5. The minimum Gasteiger partial charge on any atom is -0.493 e. The van der Waals surface area contributed by atoms with Crippen LogP contribution in [0.15, 0.2) is 36.7 Å². The minimum absolute atomic E-state index is 0.00829. The van der Waals surface area contributed by atoms with E-state index in [1.54, 1.807) is 24.3 Å².